The summed E-state index contributed by atoms with van der Waals surface area (Å²) in [6.45, 7) is 7.30. The third-order valence-electron chi connectivity index (χ3n) is 5.56. The van der Waals surface area contributed by atoms with E-state index in [0.717, 1.165) is 30.3 Å². The Labute approximate surface area is 199 Å². The van der Waals surface area contributed by atoms with Gasteiger partial charge in [0.05, 0.1) is 33.4 Å². The fourth-order valence-corrected chi connectivity index (χ4v) is 4.98. The fourth-order valence-electron chi connectivity index (χ4n) is 3.64. The second-order valence-corrected chi connectivity index (χ2v) is 11.1. The Morgan fingerprint density at radius 2 is 1.73 bits per heavy atom. The molecule has 0 bridgehead atoms. The number of hydrogen-bond donors (Lipinski definition) is 2. The van der Waals surface area contributed by atoms with Crippen LogP contribution >= 0.6 is 11.6 Å². The molecular formula is C23H27ClN6O2S. The number of halogens is 1. The highest BCUT2D eigenvalue weighted by Gasteiger charge is 2.23. The van der Waals surface area contributed by atoms with Gasteiger partial charge in [0, 0.05) is 13.1 Å². The zero-order chi connectivity index (χ0) is 23.6. The third kappa shape index (κ3) is 5.04. The van der Waals surface area contributed by atoms with Gasteiger partial charge in [0.2, 0.25) is 5.95 Å². The van der Waals surface area contributed by atoms with Crippen molar-refractivity contribution in [3.8, 4) is 0 Å². The minimum atomic E-state index is -3.49. The van der Waals surface area contributed by atoms with Crippen LogP contribution in [0.2, 0.25) is 5.02 Å². The molecule has 0 radical (unpaired) electrons. The Morgan fingerprint density at radius 3 is 2.42 bits per heavy atom. The van der Waals surface area contributed by atoms with Gasteiger partial charge in [-0.2, -0.15) is 4.98 Å². The predicted octanol–water partition coefficient (Wildman–Crippen LogP) is 5.10. The van der Waals surface area contributed by atoms with Gasteiger partial charge in [-0.25, -0.2) is 18.4 Å². The molecular weight excluding hydrogens is 460 g/mol. The second-order valence-electron chi connectivity index (χ2n) is 8.23. The van der Waals surface area contributed by atoms with E-state index >= 15 is 0 Å². The van der Waals surface area contributed by atoms with E-state index < -0.39 is 15.1 Å². The van der Waals surface area contributed by atoms with Crippen molar-refractivity contribution in [2.45, 2.75) is 43.8 Å². The van der Waals surface area contributed by atoms with E-state index in [9.17, 15) is 8.42 Å². The number of hydrogen-bond acceptors (Lipinski definition) is 8. The average Bonchev–Trinajstić information content (AvgIpc) is 3.32. The van der Waals surface area contributed by atoms with Crippen molar-refractivity contribution in [3.63, 3.8) is 0 Å². The molecule has 33 heavy (non-hydrogen) atoms. The van der Waals surface area contributed by atoms with Gasteiger partial charge in [0.25, 0.3) is 0 Å². The second kappa shape index (κ2) is 9.52. The summed E-state index contributed by atoms with van der Waals surface area (Å²) < 4.78 is 25.5. The smallest absolute Gasteiger partial charge is 0.229 e. The number of para-hydroxylation sites is 1. The van der Waals surface area contributed by atoms with Crippen molar-refractivity contribution in [2.24, 2.45) is 0 Å². The van der Waals surface area contributed by atoms with E-state index in [0.29, 0.717) is 17.5 Å². The SMILES string of the molecule is Cc1nc(N2CCCC2)ccc1Nc1ncc(Cl)c(Nc2ccccc2S(=O)(=O)C(C)C)n1. The Kier molecular flexibility index (Phi) is 6.71. The zero-order valence-corrected chi connectivity index (χ0v) is 20.4. The number of nitrogens with one attached hydrogen (secondary N) is 2. The maximum atomic E-state index is 12.8. The summed E-state index contributed by atoms with van der Waals surface area (Å²) in [6, 6.07) is 10.7. The largest absolute Gasteiger partial charge is 0.357 e. The molecule has 2 N–H and O–H groups in total. The van der Waals surface area contributed by atoms with E-state index in [4.69, 9.17) is 16.6 Å². The highest BCUT2D eigenvalue weighted by Crippen LogP contribution is 2.31. The first-order valence-corrected chi connectivity index (χ1v) is 12.8. The maximum Gasteiger partial charge on any atom is 0.229 e. The lowest BCUT2D eigenvalue weighted by molar-refractivity contribution is 0.588. The maximum absolute atomic E-state index is 12.8. The van der Waals surface area contributed by atoms with Crippen molar-refractivity contribution in [3.05, 3.63) is 53.3 Å². The molecule has 10 heteroatoms. The van der Waals surface area contributed by atoms with Crippen molar-refractivity contribution >= 4 is 50.4 Å². The first kappa shape index (κ1) is 23.3. The van der Waals surface area contributed by atoms with Gasteiger partial charge in [-0.05, 0) is 57.9 Å². The molecule has 174 valence electrons. The number of aryl methyl sites for hydroxylation is 1. The van der Waals surface area contributed by atoms with Crippen LogP contribution in [0.3, 0.4) is 0 Å². The summed E-state index contributed by atoms with van der Waals surface area (Å²) in [5, 5.41) is 5.97. The van der Waals surface area contributed by atoms with Crippen molar-refractivity contribution < 1.29 is 8.42 Å². The molecule has 0 amide bonds. The van der Waals surface area contributed by atoms with Crippen LogP contribution in [0.4, 0.5) is 29.0 Å². The number of sulfone groups is 1. The highest BCUT2D eigenvalue weighted by atomic mass is 35.5. The van der Waals surface area contributed by atoms with Gasteiger partial charge >= 0.3 is 0 Å². The van der Waals surface area contributed by atoms with Gasteiger partial charge < -0.3 is 15.5 Å². The zero-order valence-electron chi connectivity index (χ0n) is 18.8. The summed E-state index contributed by atoms with van der Waals surface area (Å²) in [5.41, 5.74) is 2.03. The van der Waals surface area contributed by atoms with E-state index in [1.807, 2.05) is 19.1 Å². The Balaban J connectivity index is 1.59. The molecule has 4 rings (SSSR count). The summed E-state index contributed by atoms with van der Waals surface area (Å²) in [6.07, 6.45) is 3.85. The average molecular weight is 487 g/mol. The third-order valence-corrected chi connectivity index (χ3v) is 8.05. The molecule has 1 fully saturated rings. The molecule has 2 aromatic heterocycles. The normalized spacial score (nSPS) is 14.0. The number of benzene rings is 1. The monoisotopic (exact) mass is 486 g/mol. The molecule has 0 unspecified atom stereocenters. The van der Waals surface area contributed by atoms with E-state index in [1.165, 1.54) is 19.0 Å². The number of anilines is 5. The molecule has 1 aliphatic rings. The molecule has 1 saturated heterocycles. The first-order valence-electron chi connectivity index (χ1n) is 10.9. The Bertz CT molecular complexity index is 1260. The Morgan fingerprint density at radius 1 is 1.00 bits per heavy atom. The van der Waals surface area contributed by atoms with Gasteiger partial charge in [-0.15, -0.1) is 0 Å². The number of nitrogens with zero attached hydrogens (tertiary/aromatic N) is 4. The van der Waals surface area contributed by atoms with Crippen molar-refractivity contribution in [1.29, 1.82) is 0 Å². The molecule has 1 aromatic carbocycles. The lowest BCUT2D eigenvalue weighted by Gasteiger charge is -2.18. The van der Waals surface area contributed by atoms with Crippen LogP contribution in [0.25, 0.3) is 0 Å². The number of aromatic nitrogens is 3. The van der Waals surface area contributed by atoms with E-state index in [-0.39, 0.29) is 9.92 Å². The van der Waals surface area contributed by atoms with Crippen LogP contribution in [-0.4, -0.2) is 41.7 Å². The predicted molar refractivity (Wildman–Crippen MR) is 133 cm³/mol. The van der Waals surface area contributed by atoms with Crippen LogP contribution in [0.15, 0.2) is 47.5 Å². The van der Waals surface area contributed by atoms with Crippen molar-refractivity contribution in [2.75, 3.05) is 28.6 Å². The quantitative estimate of drug-likeness (QED) is 0.475. The van der Waals surface area contributed by atoms with Gasteiger partial charge in [0.15, 0.2) is 15.7 Å². The summed E-state index contributed by atoms with van der Waals surface area (Å²) in [7, 11) is -3.49. The highest BCUT2D eigenvalue weighted by molar-refractivity contribution is 7.92. The fraction of sp³-hybridized carbons (Fsp3) is 0.348. The molecule has 3 aromatic rings. The number of pyridine rings is 1. The Hall–Kier alpha value is -2.91. The van der Waals surface area contributed by atoms with E-state index in [2.05, 4.69) is 25.5 Å². The molecule has 3 heterocycles. The van der Waals surface area contributed by atoms with Crippen LogP contribution in [0.1, 0.15) is 32.4 Å². The standard InChI is InChI=1S/C23H27ClN6O2S/c1-15(2)33(31,32)20-9-5-4-8-19(20)27-22-17(24)14-25-23(29-22)28-18-10-11-21(26-16(18)3)30-12-6-7-13-30/h4-5,8-11,14-15H,6-7,12-13H2,1-3H3,(H2,25,27,28,29). The lowest BCUT2D eigenvalue weighted by Crippen LogP contribution is -2.19. The minimum Gasteiger partial charge on any atom is -0.357 e. The molecule has 0 saturated carbocycles. The lowest BCUT2D eigenvalue weighted by atomic mass is 10.3. The van der Waals surface area contributed by atoms with Crippen LogP contribution in [0, 0.1) is 6.92 Å². The summed E-state index contributed by atoms with van der Waals surface area (Å²) >= 11 is 6.32. The first-order chi connectivity index (χ1) is 15.8. The van der Waals surface area contributed by atoms with Gasteiger partial charge in [-0.3, -0.25) is 0 Å². The minimum absolute atomic E-state index is 0.196. The van der Waals surface area contributed by atoms with Gasteiger partial charge in [-0.1, -0.05) is 23.7 Å². The molecule has 8 nitrogen and oxygen atoms in total. The van der Waals surface area contributed by atoms with Crippen LogP contribution in [-0.2, 0) is 9.84 Å². The van der Waals surface area contributed by atoms with Crippen LogP contribution < -0.4 is 15.5 Å². The number of rotatable bonds is 7. The van der Waals surface area contributed by atoms with Gasteiger partial charge in [0.1, 0.15) is 10.8 Å². The summed E-state index contributed by atoms with van der Waals surface area (Å²) in [4.78, 5) is 15.9. The molecule has 1 aliphatic heterocycles. The van der Waals surface area contributed by atoms with E-state index in [1.54, 1.807) is 38.1 Å². The molecule has 0 aliphatic carbocycles. The topological polar surface area (TPSA) is 100 Å². The van der Waals surface area contributed by atoms with Crippen molar-refractivity contribution in [1.82, 2.24) is 15.0 Å². The molecule has 0 atom stereocenters. The summed E-state index contributed by atoms with van der Waals surface area (Å²) in [5.74, 6) is 1.60. The van der Waals surface area contributed by atoms with Crippen LogP contribution in [0.5, 0.6) is 0 Å². The molecule has 0 spiro atoms.